The Kier molecular flexibility index (Phi) is 5.21. The van der Waals surface area contributed by atoms with E-state index in [4.69, 9.17) is 16.3 Å². The summed E-state index contributed by atoms with van der Waals surface area (Å²) in [7, 11) is 1.66. The monoisotopic (exact) mass is 436 g/mol. The molecule has 0 aromatic heterocycles. The molecule has 2 aliphatic carbocycles. The summed E-state index contributed by atoms with van der Waals surface area (Å²) in [5.41, 5.74) is 3.00. The van der Waals surface area contributed by atoms with Crippen LogP contribution in [0.15, 0.2) is 55.1 Å². The van der Waals surface area contributed by atoms with E-state index in [9.17, 15) is 4.79 Å². The van der Waals surface area contributed by atoms with E-state index in [2.05, 4.69) is 17.5 Å². The second kappa shape index (κ2) is 7.90. The van der Waals surface area contributed by atoms with Crippen molar-refractivity contribution in [3.05, 3.63) is 71.3 Å². The number of rotatable bonds is 8. The molecule has 0 radical (unpaired) electrons. The number of methoxy groups -OCH3 is 1. The fourth-order valence-electron chi connectivity index (χ4n) is 5.24. The van der Waals surface area contributed by atoms with Crippen LogP contribution < -0.4 is 9.64 Å². The van der Waals surface area contributed by atoms with Crippen LogP contribution >= 0.6 is 11.6 Å². The summed E-state index contributed by atoms with van der Waals surface area (Å²) in [5, 5.41) is 0.733. The largest absolute Gasteiger partial charge is 0.497 e. The molecule has 2 saturated carbocycles. The van der Waals surface area contributed by atoms with Gasteiger partial charge in [0.05, 0.1) is 24.9 Å². The van der Waals surface area contributed by atoms with E-state index in [-0.39, 0.29) is 11.6 Å². The first-order valence-electron chi connectivity index (χ1n) is 11.2. The van der Waals surface area contributed by atoms with Crippen molar-refractivity contribution < 1.29 is 9.53 Å². The minimum atomic E-state index is -0.275. The molecule has 0 bridgehead atoms. The number of halogens is 1. The maximum Gasteiger partial charge on any atom is 0.325 e. The van der Waals surface area contributed by atoms with Gasteiger partial charge in [-0.2, -0.15) is 0 Å². The Hall–Kier alpha value is -2.46. The topological polar surface area (TPSA) is 32.8 Å². The third-order valence-electron chi connectivity index (χ3n) is 7.02. The smallest absolute Gasteiger partial charge is 0.325 e. The summed E-state index contributed by atoms with van der Waals surface area (Å²) in [6, 6.07) is 14.0. The highest BCUT2D eigenvalue weighted by Crippen LogP contribution is 2.59. The summed E-state index contributed by atoms with van der Waals surface area (Å²) in [5.74, 6) is 2.00. The summed E-state index contributed by atoms with van der Waals surface area (Å²) in [4.78, 5) is 18.0. The molecule has 2 aromatic carbocycles. The summed E-state index contributed by atoms with van der Waals surface area (Å²) >= 11 is 6.53. The Bertz CT molecular complexity index is 997. The highest BCUT2D eigenvalue weighted by molar-refractivity contribution is 6.30. The molecule has 1 atom stereocenters. The average Bonchev–Trinajstić information content (AvgIpc) is 3.68. The van der Waals surface area contributed by atoms with E-state index < -0.39 is 0 Å². The molecule has 1 heterocycles. The number of carbonyl (C=O) groups is 1. The van der Waals surface area contributed by atoms with Crippen LogP contribution in [-0.4, -0.2) is 24.6 Å². The third-order valence-corrected chi connectivity index (χ3v) is 7.26. The predicted molar refractivity (Wildman–Crippen MR) is 125 cm³/mol. The second-order valence-electron chi connectivity index (χ2n) is 9.12. The van der Waals surface area contributed by atoms with Crippen molar-refractivity contribution in [2.24, 2.45) is 11.8 Å². The number of anilines is 1. The molecule has 5 heteroatoms. The van der Waals surface area contributed by atoms with E-state index in [1.807, 2.05) is 47.4 Å². The van der Waals surface area contributed by atoms with Crippen LogP contribution in [0.25, 0.3) is 0 Å². The van der Waals surface area contributed by atoms with Crippen molar-refractivity contribution in [1.29, 1.82) is 0 Å². The zero-order chi connectivity index (χ0) is 21.6. The molecule has 4 nitrogen and oxygen atoms in total. The van der Waals surface area contributed by atoms with E-state index in [0.717, 1.165) is 41.3 Å². The molecular formula is C26H29ClN2O2. The molecule has 2 fully saturated rings. The van der Waals surface area contributed by atoms with Gasteiger partial charge in [0, 0.05) is 17.1 Å². The Morgan fingerprint density at radius 1 is 1.16 bits per heavy atom. The number of amides is 2. The standard InChI is InChI=1S/C26H29ClN2O2/c1-3-14-29-25(30)28(17-19-6-11-22(31-2)12-7-19)24-13-10-21(27)15-23(24)26(29,20-8-9-20)16-18-4-5-18/h3,6-7,10-13,15,18,20H,1,4-5,8-9,14,16-17H2,2H3. The van der Waals surface area contributed by atoms with Crippen molar-refractivity contribution in [3.63, 3.8) is 0 Å². The van der Waals surface area contributed by atoms with Crippen LogP contribution in [0.4, 0.5) is 10.5 Å². The fourth-order valence-corrected chi connectivity index (χ4v) is 5.41. The van der Waals surface area contributed by atoms with E-state index in [0.29, 0.717) is 24.9 Å². The zero-order valence-electron chi connectivity index (χ0n) is 18.0. The molecule has 162 valence electrons. The van der Waals surface area contributed by atoms with Crippen LogP contribution in [0.3, 0.4) is 0 Å². The van der Waals surface area contributed by atoms with E-state index >= 15 is 0 Å². The second-order valence-corrected chi connectivity index (χ2v) is 9.56. The molecule has 1 unspecified atom stereocenters. The van der Waals surface area contributed by atoms with Gasteiger partial charge in [0.1, 0.15) is 5.75 Å². The van der Waals surface area contributed by atoms with Crippen molar-refractivity contribution in [3.8, 4) is 5.75 Å². The molecule has 5 rings (SSSR count). The Labute approximate surface area is 189 Å². The highest BCUT2D eigenvalue weighted by atomic mass is 35.5. The predicted octanol–water partition coefficient (Wildman–Crippen LogP) is 6.38. The van der Waals surface area contributed by atoms with Crippen molar-refractivity contribution in [1.82, 2.24) is 4.90 Å². The van der Waals surface area contributed by atoms with Gasteiger partial charge in [-0.3, -0.25) is 4.90 Å². The quantitative estimate of drug-likeness (QED) is 0.449. The van der Waals surface area contributed by atoms with Crippen LogP contribution in [0, 0.1) is 11.8 Å². The lowest BCUT2D eigenvalue weighted by Crippen LogP contribution is -2.60. The first kappa shape index (κ1) is 20.4. The summed E-state index contributed by atoms with van der Waals surface area (Å²) < 4.78 is 5.29. The number of hydrogen-bond donors (Lipinski definition) is 0. The molecule has 0 saturated heterocycles. The van der Waals surface area contributed by atoms with Crippen LogP contribution in [0.5, 0.6) is 5.75 Å². The minimum absolute atomic E-state index is 0.0677. The maximum absolute atomic E-state index is 14.0. The van der Waals surface area contributed by atoms with Gasteiger partial charge in [-0.25, -0.2) is 4.79 Å². The molecule has 0 N–H and O–H groups in total. The summed E-state index contributed by atoms with van der Waals surface area (Å²) in [6.45, 7) is 5.04. The average molecular weight is 437 g/mol. The zero-order valence-corrected chi connectivity index (χ0v) is 18.8. The van der Waals surface area contributed by atoms with Crippen molar-refractivity contribution in [2.45, 2.75) is 44.2 Å². The lowest BCUT2D eigenvalue weighted by Gasteiger charge is -2.52. The molecule has 0 spiro atoms. The number of nitrogens with zero attached hydrogens (tertiary/aromatic N) is 2. The first-order valence-corrected chi connectivity index (χ1v) is 11.6. The fraction of sp³-hybridized carbons (Fsp3) is 0.423. The minimum Gasteiger partial charge on any atom is -0.497 e. The molecule has 31 heavy (non-hydrogen) atoms. The normalized spacial score (nSPS) is 23.0. The first-order chi connectivity index (χ1) is 15.1. The van der Waals surface area contributed by atoms with Gasteiger partial charge >= 0.3 is 6.03 Å². The molecule has 1 aliphatic heterocycles. The van der Waals surface area contributed by atoms with Gasteiger partial charge in [-0.05, 0) is 67.0 Å². The Morgan fingerprint density at radius 3 is 2.52 bits per heavy atom. The van der Waals surface area contributed by atoms with Crippen molar-refractivity contribution in [2.75, 3.05) is 18.6 Å². The van der Waals surface area contributed by atoms with Gasteiger partial charge in [0.2, 0.25) is 0 Å². The molecule has 2 aromatic rings. The lowest BCUT2D eigenvalue weighted by molar-refractivity contribution is 0.0843. The van der Waals surface area contributed by atoms with Gasteiger partial charge in [0.15, 0.2) is 0 Å². The molecule has 3 aliphatic rings. The van der Waals surface area contributed by atoms with Gasteiger partial charge in [0.25, 0.3) is 0 Å². The third kappa shape index (κ3) is 3.61. The Balaban J connectivity index is 1.61. The molecule has 2 amide bonds. The maximum atomic E-state index is 14.0. The number of urea groups is 1. The molecular weight excluding hydrogens is 408 g/mol. The lowest BCUT2D eigenvalue weighted by atomic mass is 9.76. The number of benzene rings is 2. The van der Waals surface area contributed by atoms with Crippen molar-refractivity contribution >= 4 is 23.3 Å². The van der Waals surface area contributed by atoms with E-state index in [1.165, 1.54) is 18.4 Å². The van der Waals surface area contributed by atoms with Gasteiger partial charge in [-0.1, -0.05) is 42.7 Å². The number of fused-ring (bicyclic) bond motifs is 1. The number of hydrogen-bond acceptors (Lipinski definition) is 2. The summed E-state index contributed by atoms with van der Waals surface area (Å²) in [6.07, 6.45) is 7.74. The van der Waals surface area contributed by atoms with E-state index in [1.54, 1.807) is 7.11 Å². The van der Waals surface area contributed by atoms with Gasteiger partial charge < -0.3 is 9.64 Å². The van der Waals surface area contributed by atoms with Crippen LogP contribution in [0.1, 0.15) is 43.2 Å². The van der Waals surface area contributed by atoms with Gasteiger partial charge in [-0.15, -0.1) is 6.58 Å². The highest BCUT2D eigenvalue weighted by Gasteiger charge is 2.58. The Morgan fingerprint density at radius 2 is 1.90 bits per heavy atom. The van der Waals surface area contributed by atoms with Crippen LogP contribution in [-0.2, 0) is 12.1 Å². The number of ether oxygens (including phenoxy) is 1. The van der Waals surface area contributed by atoms with Crippen LogP contribution in [0.2, 0.25) is 5.02 Å². The SMILES string of the molecule is C=CCN1C(=O)N(Cc2ccc(OC)cc2)c2ccc(Cl)cc2C1(CC1CC1)C1CC1. The number of carbonyl (C=O) groups excluding carboxylic acids is 1.